The highest BCUT2D eigenvalue weighted by Crippen LogP contribution is 2.43. The second kappa shape index (κ2) is 10.7. The molecule has 196 valence electrons. The third kappa shape index (κ3) is 6.09. The average Bonchev–Trinajstić information content (AvgIpc) is 2.82. The van der Waals surface area contributed by atoms with Gasteiger partial charge in [0, 0.05) is 18.0 Å². The van der Waals surface area contributed by atoms with E-state index in [-0.39, 0.29) is 17.1 Å². The SMILES string of the molecule is COc1cc(Oc2ccc(OC(F)(F)F)c(F)c2OC)c(C(=O)Nc2ccnc(C(N)=O)c2)c(F)c1Cl. The minimum absolute atomic E-state index is 0.0108. The molecular formula is C22H15ClF5N3O6. The number of nitrogens with one attached hydrogen (secondary N) is 1. The van der Waals surface area contributed by atoms with Gasteiger partial charge in [0.05, 0.1) is 14.2 Å². The summed E-state index contributed by atoms with van der Waals surface area (Å²) in [6.07, 6.45) is -4.05. The van der Waals surface area contributed by atoms with E-state index in [4.69, 9.17) is 31.5 Å². The molecule has 0 aliphatic heterocycles. The van der Waals surface area contributed by atoms with Crippen molar-refractivity contribution in [2.75, 3.05) is 19.5 Å². The molecule has 37 heavy (non-hydrogen) atoms. The molecule has 0 atom stereocenters. The summed E-state index contributed by atoms with van der Waals surface area (Å²) in [5.74, 6) is -8.42. The Balaban J connectivity index is 2.08. The Morgan fingerprint density at radius 1 is 0.973 bits per heavy atom. The smallest absolute Gasteiger partial charge is 0.495 e. The van der Waals surface area contributed by atoms with Gasteiger partial charge in [0.2, 0.25) is 11.6 Å². The van der Waals surface area contributed by atoms with Gasteiger partial charge >= 0.3 is 6.36 Å². The maximum absolute atomic E-state index is 15.2. The number of anilines is 1. The van der Waals surface area contributed by atoms with E-state index < -0.39 is 63.4 Å². The minimum atomic E-state index is -5.20. The molecule has 0 aliphatic rings. The predicted molar refractivity (Wildman–Crippen MR) is 118 cm³/mol. The van der Waals surface area contributed by atoms with E-state index in [0.717, 1.165) is 38.6 Å². The van der Waals surface area contributed by atoms with E-state index in [2.05, 4.69) is 15.0 Å². The van der Waals surface area contributed by atoms with Gasteiger partial charge in [-0.1, -0.05) is 11.6 Å². The van der Waals surface area contributed by atoms with Crippen LogP contribution in [0.3, 0.4) is 0 Å². The fourth-order valence-corrected chi connectivity index (χ4v) is 3.20. The molecule has 1 aromatic heterocycles. The van der Waals surface area contributed by atoms with Crippen LogP contribution in [0, 0.1) is 11.6 Å². The number of nitrogens with two attached hydrogens (primary N) is 1. The molecule has 15 heteroatoms. The van der Waals surface area contributed by atoms with Crippen molar-refractivity contribution in [1.29, 1.82) is 0 Å². The van der Waals surface area contributed by atoms with Gasteiger partial charge in [0.1, 0.15) is 27.8 Å². The molecule has 9 nitrogen and oxygen atoms in total. The number of primary amides is 1. The molecule has 2 aromatic carbocycles. The average molecular weight is 548 g/mol. The second-order valence-electron chi connectivity index (χ2n) is 6.89. The van der Waals surface area contributed by atoms with Gasteiger partial charge in [-0.3, -0.25) is 14.6 Å². The van der Waals surface area contributed by atoms with Crippen LogP contribution in [-0.2, 0) is 0 Å². The molecular weight excluding hydrogens is 533 g/mol. The number of carbonyl (C=O) groups excluding carboxylic acids is 2. The molecule has 0 spiro atoms. The number of amides is 2. The Hall–Kier alpha value is -4.33. The Labute approximate surface area is 209 Å². The molecule has 1 heterocycles. The molecule has 0 saturated carbocycles. The van der Waals surface area contributed by atoms with Crippen LogP contribution in [0.1, 0.15) is 20.8 Å². The summed E-state index contributed by atoms with van der Waals surface area (Å²) in [4.78, 5) is 28.1. The summed E-state index contributed by atoms with van der Waals surface area (Å²) in [6, 6.07) is 4.80. The van der Waals surface area contributed by atoms with E-state index in [9.17, 15) is 27.2 Å². The number of methoxy groups -OCH3 is 2. The van der Waals surface area contributed by atoms with Crippen LogP contribution in [-0.4, -0.2) is 37.4 Å². The van der Waals surface area contributed by atoms with Gasteiger partial charge in [-0.05, 0) is 24.3 Å². The molecule has 0 bridgehead atoms. The first kappa shape index (κ1) is 27.3. The van der Waals surface area contributed by atoms with Crippen molar-refractivity contribution in [3.63, 3.8) is 0 Å². The molecule has 0 aliphatic carbocycles. The summed E-state index contributed by atoms with van der Waals surface area (Å²) in [6.45, 7) is 0. The number of hydrogen-bond acceptors (Lipinski definition) is 7. The van der Waals surface area contributed by atoms with Gasteiger partial charge in [-0.25, -0.2) is 4.39 Å². The van der Waals surface area contributed by atoms with Crippen LogP contribution in [0.2, 0.25) is 5.02 Å². The minimum Gasteiger partial charge on any atom is -0.495 e. The van der Waals surface area contributed by atoms with Crippen molar-refractivity contribution in [2.24, 2.45) is 5.73 Å². The zero-order valence-corrected chi connectivity index (χ0v) is 19.5. The summed E-state index contributed by atoms with van der Waals surface area (Å²) in [5, 5.41) is 1.69. The summed E-state index contributed by atoms with van der Waals surface area (Å²) < 4.78 is 86.3. The Morgan fingerprint density at radius 3 is 2.24 bits per heavy atom. The van der Waals surface area contributed by atoms with Crippen LogP contribution in [0.15, 0.2) is 36.5 Å². The lowest BCUT2D eigenvalue weighted by Gasteiger charge is -2.18. The number of benzene rings is 2. The monoisotopic (exact) mass is 547 g/mol. The highest BCUT2D eigenvalue weighted by molar-refractivity contribution is 6.33. The normalized spacial score (nSPS) is 11.0. The van der Waals surface area contributed by atoms with Crippen LogP contribution >= 0.6 is 11.6 Å². The van der Waals surface area contributed by atoms with Gasteiger partial charge in [0.25, 0.3) is 11.8 Å². The van der Waals surface area contributed by atoms with Gasteiger partial charge < -0.3 is 30.0 Å². The van der Waals surface area contributed by atoms with E-state index in [0.29, 0.717) is 6.07 Å². The van der Waals surface area contributed by atoms with Crippen molar-refractivity contribution in [3.05, 3.63) is 64.4 Å². The van der Waals surface area contributed by atoms with Crippen molar-refractivity contribution in [2.45, 2.75) is 6.36 Å². The molecule has 3 N–H and O–H groups in total. The van der Waals surface area contributed by atoms with E-state index in [1.807, 2.05) is 0 Å². The number of ether oxygens (including phenoxy) is 4. The summed E-state index contributed by atoms with van der Waals surface area (Å²) in [7, 11) is 2.06. The van der Waals surface area contributed by atoms with Crippen molar-refractivity contribution < 1.29 is 50.5 Å². The van der Waals surface area contributed by atoms with Crippen LogP contribution in [0.5, 0.6) is 28.7 Å². The first-order chi connectivity index (χ1) is 17.4. The number of halogens is 6. The van der Waals surface area contributed by atoms with Gasteiger partial charge in [-0.15, -0.1) is 13.2 Å². The first-order valence-corrected chi connectivity index (χ1v) is 10.2. The number of pyridine rings is 1. The van der Waals surface area contributed by atoms with Crippen molar-refractivity contribution in [3.8, 4) is 28.7 Å². The lowest BCUT2D eigenvalue weighted by Crippen LogP contribution is -2.18. The highest BCUT2D eigenvalue weighted by atomic mass is 35.5. The second-order valence-corrected chi connectivity index (χ2v) is 7.26. The molecule has 0 saturated heterocycles. The predicted octanol–water partition coefficient (Wildman–Crippen LogP) is 5.07. The third-order valence-corrected chi connectivity index (χ3v) is 4.88. The molecule has 0 fully saturated rings. The Morgan fingerprint density at radius 2 is 1.65 bits per heavy atom. The molecule has 0 unspecified atom stereocenters. The molecule has 0 radical (unpaired) electrons. The Kier molecular flexibility index (Phi) is 7.91. The molecule has 2 amide bonds. The largest absolute Gasteiger partial charge is 0.573 e. The fourth-order valence-electron chi connectivity index (χ4n) is 2.97. The quantitative estimate of drug-likeness (QED) is 0.377. The number of nitrogens with zero attached hydrogens (tertiary/aromatic N) is 1. The van der Waals surface area contributed by atoms with Gasteiger partial charge in [0.15, 0.2) is 17.3 Å². The number of carbonyl (C=O) groups is 2. The zero-order valence-electron chi connectivity index (χ0n) is 18.7. The maximum Gasteiger partial charge on any atom is 0.573 e. The summed E-state index contributed by atoms with van der Waals surface area (Å²) in [5.41, 5.74) is 4.14. The number of alkyl halides is 3. The molecule has 3 rings (SSSR count). The Bertz CT molecular complexity index is 1370. The van der Waals surface area contributed by atoms with Crippen molar-refractivity contribution in [1.82, 2.24) is 4.98 Å². The standard InChI is InChI=1S/C22H15ClF5N3O6/c1-34-14-8-13(36-12-4-3-11(37-22(26,27)28)17(24)19(12)35-2)15(18(25)16(14)23)21(33)31-9-5-6-30-10(7-9)20(29)32/h3-8H,1-2H3,(H2,29,32)(H,30,31,33). The van der Waals surface area contributed by atoms with E-state index in [1.54, 1.807) is 0 Å². The number of hydrogen-bond donors (Lipinski definition) is 2. The first-order valence-electron chi connectivity index (χ1n) is 9.79. The topological polar surface area (TPSA) is 122 Å². The molecule has 3 aromatic rings. The van der Waals surface area contributed by atoms with Gasteiger partial charge in [-0.2, -0.15) is 4.39 Å². The number of aromatic nitrogens is 1. The summed E-state index contributed by atoms with van der Waals surface area (Å²) >= 11 is 5.94. The van der Waals surface area contributed by atoms with Crippen LogP contribution in [0.4, 0.5) is 27.6 Å². The maximum atomic E-state index is 15.2. The van der Waals surface area contributed by atoms with E-state index in [1.165, 1.54) is 6.07 Å². The van der Waals surface area contributed by atoms with E-state index >= 15 is 4.39 Å². The highest BCUT2D eigenvalue weighted by Gasteiger charge is 2.34. The zero-order chi connectivity index (χ0) is 27.5. The number of rotatable bonds is 8. The third-order valence-electron chi connectivity index (χ3n) is 4.53. The van der Waals surface area contributed by atoms with Crippen LogP contribution < -0.4 is 30.0 Å². The lowest BCUT2D eigenvalue weighted by atomic mass is 10.1. The fraction of sp³-hybridized carbons (Fsp3) is 0.136. The van der Waals surface area contributed by atoms with Crippen LogP contribution in [0.25, 0.3) is 0 Å². The lowest BCUT2D eigenvalue weighted by molar-refractivity contribution is -0.275. The van der Waals surface area contributed by atoms with Crippen molar-refractivity contribution >= 4 is 29.1 Å².